The number of benzene rings is 9. The van der Waals surface area contributed by atoms with Gasteiger partial charge in [0.1, 0.15) is 0 Å². The SMILES string of the molecule is CC1(C)c2cc(-c3ccccc3)ccc2-n2c3ccc(-c4nc(-c5ccccc5)nc(-c5ccc6c(c5)c5cccc7c5n6-c5ccc(-c6ccccc6)cc5C7(C)C)n4)cc3c3cccc1c32. The third-order valence-electron chi connectivity index (χ3n) is 15.1. The number of fused-ring (bicyclic) bond motifs is 10. The second-order valence-electron chi connectivity index (χ2n) is 19.7. The van der Waals surface area contributed by atoms with Crippen LogP contribution in [0.25, 0.3) is 111 Å². The summed E-state index contributed by atoms with van der Waals surface area (Å²) in [6, 6.07) is 72.7. The number of hydrogen-bond donors (Lipinski definition) is 0. The van der Waals surface area contributed by atoms with Crippen molar-refractivity contribution in [2.45, 2.75) is 38.5 Å². The van der Waals surface area contributed by atoms with Crippen molar-refractivity contribution in [2.75, 3.05) is 0 Å². The third kappa shape index (κ3) is 5.47. The largest absolute Gasteiger partial charge is 0.309 e. The molecule has 2 aliphatic rings. The molecular weight excluding hydrogens is 827 g/mol. The Labute approximate surface area is 394 Å². The van der Waals surface area contributed by atoms with Crippen LogP contribution in [0.4, 0.5) is 0 Å². The fourth-order valence-electron chi connectivity index (χ4n) is 11.6. The Morgan fingerprint density at radius 1 is 0.294 bits per heavy atom. The summed E-state index contributed by atoms with van der Waals surface area (Å²) in [6.45, 7) is 9.45. The zero-order valence-corrected chi connectivity index (χ0v) is 38.3. The maximum atomic E-state index is 5.35. The van der Waals surface area contributed by atoms with E-state index in [1.54, 1.807) is 0 Å². The smallest absolute Gasteiger partial charge is 0.164 e. The van der Waals surface area contributed by atoms with Crippen LogP contribution >= 0.6 is 0 Å². The van der Waals surface area contributed by atoms with Gasteiger partial charge in [-0.3, -0.25) is 0 Å². The molecule has 68 heavy (non-hydrogen) atoms. The molecule has 0 radical (unpaired) electrons. The minimum atomic E-state index is -0.210. The lowest BCUT2D eigenvalue weighted by Gasteiger charge is -2.35. The normalized spacial score (nSPS) is 14.1. The summed E-state index contributed by atoms with van der Waals surface area (Å²) in [5.74, 6) is 1.93. The summed E-state index contributed by atoms with van der Waals surface area (Å²) >= 11 is 0. The fraction of sp³-hybridized carbons (Fsp3) is 0.0952. The molecule has 0 saturated carbocycles. The van der Waals surface area contributed by atoms with Crippen LogP contribution in [0.2, 0.25) is 0 Å². The number of rotatable bonds is 5. The predicted octanol–water partition coefficient (Wildman–Crippen LogP) is 15.7. The molecule has 0 saturated heterocycles. The van der Waals surface area contributed by atoms with E-state index in [-0.39, 0.29) is 10.8 Å². The minimum Gasteiger partial charge on any atom is -0.309 e. The van der Waals surface area contributed by atoms with E-state index in [2.05, 4.69) is 219 Å². The molecule has 0 unspecified atom stereocenters. The van der Waals surface area contributed by atoms with Crippen molar-refractivity contribution >= 4 is 43.6 Å². The Bertz CT molecular complexity index is 3820. The van der Waals surface area contributed by atoms with Crippen LogP contribution in [-0.2, 0) is 10.8 Å². The highest BCUT2D eigenvalue weighted by atomic mass is 15.0. The first-order valence-electron chi connectivity index (χ1n) is 23.6. The quantitative estimate of drug-likeness (QED) is 0.173. The van der Waals surface area contributed by atoms with Gasteiger partial charge >= 0.3 is 0 Å². The molecule has 2 aliphatic heterocycles. The Morgan fingerprint density at radius 2 is 0.676 bits per heavy atom. The molecule has 0 aliphatic carbocycles. The molecule has 0 N–H and O–H groups in total. The lowest BCUT2D eigenvalue weighted by molar-refractivity contribution is 0.630. The van der Waals surface area contributed by atoms with E-state index in [4.69, 9.17) is 15.0 Å². The average molecular weight is 872 g/mol. The van der Waals surface area contributed by atoms with Crippen LogP contribution in [0.1, 0.15) is 49.9 Å². The minimum absolute atomic E-state index is 0.210. The van der Waals surface area contributed by atoms with Gasteiger partial charge < -0.3 is 9.13 Å². The van der Waals surface area contributed by atoms with Gasteiger partial charge in [-0.1, -0.05) is 167 Å². The first-order chi connectivity index (χ1) is 33.2. The van der Waals surface area contributed by atoms with Crippen molar-refractivity contribution in [1.82, 2.24) is 24.1 Å². The van der Waals surface area contributed by atoms with E-state index in [0.717, 1.165) is 27.7 Å². The summed E-state index contributed by atoms with van der Waals surface area (Å²) < 4.78 is 4.95. The highest BCUT2D eigenvalue weighted by Crippen LogP contribution is 2.51. The molecule has 3 aromatic heterocycles. The fourth-order valence-corrected chi connectivity index (χ4v) is 11.6. The summed E-state index contributed by atoms with van der Waals surface area (Å²) in [5, 5.41) is 4.80. The molecule has 5 nitrogen and oxygen atoms in total. The molecule has 5 heteroatoms. The van der Waals surface area contributed by atoms with Gasteiger partial charge in [0.05, 0.1) is 33.4 Å². The van der Waals surface area contributed by atoms with Crippen molar-refractivity contribution < 1.29 is 0 Å². The first-order valence-corrected chi connectivity index (χ1v) is 23.6. The number of para-hydroxylation sites is 2. The number of nitrogens with zero attached hydrogens (tertiary/aromatic N) is 5. The van der Waals surface area contributed by atoms with Crippen molar-refractivity contribution in [2.24, 2.45) is 0 Å². The van der Waals surface area contributed by atoms with Gasteiger partial charge in [-0.25, -0.2) is 15.0 Å². The standard InChI is InChI=1S/C63H45N5/c1-62(2)49-24-14-22-45-47-34-43(28-30-53(47)67(57(45)49)55-32-26-41(36-51(55)62)38-16-8-5-9-17-38)60-64-59(40-20-12-7-13-21-40)65-61(66-60)44-29-31-54-48(35-44)46-23-15-25-50-58(46)68(54)56-33-27-42(37-52(56)63(50,3)4)39-18-10-6-11-19-39/h5-37H,1-4H3. The Kier molecular flexibility index (Phi) is 8.02. The van der Waals surface area contributed by atoms with Crippen molar-refractivity contribution in [3.05, 3.63) is 222 Å². The summed E-state index contributed by atoms with van der Waals surface area (Å²) in [4.78, 5) is 15.8. The van der Waals surface area contributed by atoms with Gasteiger partial charge in [-0.05, 0) is 105 Å². The molecule has 322 valence electrons. The Hall–Kier alpha value is -8.41. The van der Waals surface area contributed by atoms with E-state index in [0.29, 0.717) is 17.5 Å². The second-order valence-corrected chi connectivity index (χ2v) is 19.7. The van der Waals surface area contributed by atoms with Gasteiger partial charge in [0.2, 0.25) is 0 Å². The monoisotopic (exact) mass is 871 g/mol. The van der Waals surface area contributed by atoms with E-state index in [1.165, 1.54) is 88.5 Å². The molecule has 14 rings (SSSR count). The first kappa shape index (κ1) is 38.8. The summed E-state index contributed by atoms with van der Waals surface area (Å²) in [5.41, 5.74) is 19.9. The van der Waals surface area contributed by atoms with E-state index in [1.807, 2.05) is 18.2 Å². The van der Waals surface area contributed by atoms with Crippen LogP contribution in [0.5, 0.6) is 0 Å². The van der Waals surface area contributed by atoms with Gasteiger partial charge in [-0.15, -0.1) is 0 Å². The highest BCUT2D eigenvalue weighted by Gasteiger charge is 2.37. The Balaban J connectivity index is 0.939. The lowest BCUT2D eigenvalue weighted by atomic mass is 9.74. The van der Waals surface area contributed by atoms with Crippen LogP contribution < -0.4 is 0 Å². The molecular formula is C63H45N5. The lowest BCUT2D eigenvalue weighted by Crippen LogP contribution is -2.26. The van der Waals surface area contributed by atoms with Gasteiger partial charge in [0.25, 0.3) is 0 Å². The maximum Gasteiger partial charge on any atom is 0.164 e. The average Bonchev–Trinajstić information content (AvgIpc) is 3.91. The summed E-state index contributed by atoms with van der Waals surface area (Å²) in [7, 11) is 0. The van der Waals surface area contributed by atoms with Crippen molar-refractivity contribution in [3.63, 3.8) is 0 Å². The van der Waals surface area contributed by atoms with E-state index in [9.17, 15) is 0 Å². The predicted molar refractivity (Wildman–Crippen MR) is 280 cm³/mol. The molecule has 0 fully saturated rings. The van der Waals surface area contributed by atoms with Crippen molar-refractivity contribution in [1.29, 1.82) is 0 Å². The highest BCUT2D eigenvalue weighted by molar-refractivity contribution is 6.14. The van der Waals surface area contributed by atoms with Crippen LogP contribution in [-0.4, -0.2) is 24.1 Å². The summed E-state index contributed by atoms with van der Waals surface area (Å²) in [6.07, 6.45) is 0. The van der Waals surface area contributed by atoms with Gasteiger partial charge in [0.15, 0.2) is 17.5 Å². The number of hydrogen-bond acceptors (Lipinski definition) is 3. The molecule has 5 heterocycles. The molecule has 0 atom stereocenters. The molecule has 0 bridgehead atoms. The molecule has 12 aromatic rings. The maximum absolute atomic E-state index is 5.35. The zero-order chi connectivity index (χ0) is 45.5. The number of aromatic nitrogens is 5. The van der Waals surface area contributed by atoms with E-state index >= 15 is 0 Å². The van der Waals surface area contributed by atoms with Crippen LogP contribution in [0.3, 0.4) is 0 Å². The second kappa shape index (κ2) is 14.1. The van der Waals surface area contributed by atoms with Gasteiger partial charge in [0, 0.05) is 49.1 Å². The topological polar surface area (TPSA) is 48.5 Å². The molecule has 9 aromatic carbocycles. The third-order valence-corrected chi connectivity index (χ3v) is 15.1. The molecule has 0 amide bonds. The van der Waals surface area contributed by atoms with Crippen LogP contribution in [0, 0.1) is 0 Å². The van der Waals surface area contributed by atoms with Crippen LogP contribution in [0.15, 0.2) is 200 Å². The van der Waals surface area contributed by atoms with Crippen molar-refractivity contribution in [3.8, 4) is 67.8 Å². The van der Waals surface area contributed by atoms with Gasteiger partial charge in [-0.2, -0.15) is 0 Å². The van der Waals surface area contributed by atoms with E-state index < -0.39 is 0 Å². The Morgan fingerprint density at radius 3 is 1.10 bits per heavy atom. The molecule has 0 spiro atoms. The zero-order valence-electron chi connectivity index (χ0n) is 38.3.